The zero-order valence-electron chi connectivity index (χ0n) is 15.1. The lowest BCUT2D eigenvalue weighted by Crippen LogP contribution is -2.13. The van der Waals surface area contributed by atoms with Crippen LogP contribution in [0.1, 0.15) is 17.3 Å². The number of thiophene rings is 1. The topological polar surface area (TPSA) is 104 Å². The van der Waals surface area contributed by atoms with E-state index in [9.17, 15) is 18.0 Å². The van der Waals surface area contributed by atoms with Gasteiger partial charge in [0.05, 0.1) is 10.7 Å². The molecular formula is C19H16ClN3O4S2. The molecule has 0 atom stereocenters. The molecule has 3 rings (SSSR count). The van der Waals surface area contributed by atoms with Crippen LogP contribution >= 0.6 is 22.9 Å². The lowest BCUT2D eigenvalue weighted by molar-refractivity contribution is -0.114. The Bertz CT molecular complexity index is 1140. The molecule has 0 aliphatic heterocycles. The average Bonchev–Trinajstić information content (AvgIpc) is 3.20. The summed E-state index contributed by atoms with van der Waals surface area (Å²) in [4.78, 5) is 23.5. The number of anilines is 3. The quantitative estimate of drug-likeness (QED) is 0.518. The van der Waals surface area contributed by atoms with Crippen LogP contribution in [0.15, 0.2) is 64.2 Å². The number of nitrogens with one attached hydrogen (secondary N) is 3. The van der Waals surface area contributed by atoms with E-state index >= 15 is 0 Å². The van der Waals surface area contributed by atoms with Gasteiger partial charge in [0, 0.05) is 23.9 Å². The van der Waals surface area contributed by atoms with Crippen molar-refractivity contribution < 1.29 is 18.0 Å². The highest BCUT2D eigenvalue weighted by Crippen LogP contribution is 2.26. The SMILES string of the molecule is CC(=O)Nc1ccc(NC(=O)c2ccc(NS(=O)(=O)c3cccs3)cc2)cc1Cl. The molecule has 3 aromatic rings. The molecule has 7 nitrogen and oxygen atoms in total. The van der Waals surface area contributed by atoms with Crippen LogP contribution in [0.4, 0.5) is 17.1 Å². The van der Waals surface area contributed by atoms with E-state index in [0.29, 0.717) is 22.6 Å². The van der Waals surface area contributed by atoms with Gasteiger partial charge in [-0.25, -0.2) is 8.42 Å². The van der Waals surface area contributed by atoms with Crippen LogP contribution in [0, 0.1) is 0 Å². The smallest absolute Gasteiger partial charge is 0.271 e. The second-order valence-electron chi connectivity index (χ2n) is 5.94. The van der Waals surface area contributed by atoms with Crippen molar-refractivity contribution in [1.82, 2.24) is 0 Å². The first-order chi connectivity index (χ1) is 13.7. The normalized spacial score (nSPS) is 11.0. The molecule has 0 saturated carbocycles. The van der Waals surface area contributed by atoms with Gasteiger partial charge in [0.25, 0.3) is 15.9 Å². The summed E-state index contributed by atoms with van der Waals surface area (Å²) < 4.78 is 27.1. The summed E-state index contributed by atoms with van der Waals surface area (Å²) in [7, 11) is -3.65. The number of halogens is 1. The molecule has 2 aromatic carbocycles. The molecule has 29 heavy (non-hydrogen) atoms. The average molecular weight is 450 g/mol. The predicted molar refractivity (Wildman–Crippen MR) is 115 cm³/mol. The number of amides is 2. The van der Waals surface area contributed by atoms with E-state index in [-0.39, 0.29) is 21.0 Å². The molecule has 3 N–H and O–H groups in total. The maximum absolute atomic E-state index is 12.4. The first-order valence-corrected chi connectivity index (χ1v) is 11.0. The summed E-state index contributed by atoms with van der Waals surface area (Å²) in [5.41, 5.74) is 1.58. The van der Waals surface area contributed by atoms with Crippen molar-refractivity contribution in [2.24, 2.45) is 0 Å². The van der Waals surface area contributed by atoms with Crippen molar-refractivity contribution in [3.05, 3.63) is 70.6 Å². The zero-order valence-corrected chi connectivity index (χ0v) is 17.5. The molecular weight excluding hydrogens is 434 g/mol. The Morgan fingerprint density at radius 2 is 1.66 bits per heavy atom. The minimum atomic E-state index is -3.65. The van der Waals surface area contributed by atoms with E-state index in [0.717, 1.165) is 11.3 Å². The van der Waals surface area contributed by atoms with Gasteiger partial charge >= 0.3 is 0 Å². The van der Waals surface area contributed by atoms with Gasteiger partial charge in [-0.1, -0.05) is 17.7 Å². The molecule has 2 amide bonds. The summed E-state index contributed by atoms with van der Waals surface area (Å²) in [6, 6.07) is 13.9. The number of carbonyl (C=O) groups excluding carboxylic acids is 2. The summed E-state index contributed by atoms with van der Waals surface area (Å²) in [5, 5.41) is 7.24. The molecule has 0 radical (unpaired) electrons. The number of rotatable bonds is 6. The maximum Gasteiger partial charge on any atom is 0.271 e. The van der Waals surface area contributed by atoms with E-state index in [4.69, 9.17) is 11.6 Å². The largest absolute Gasteiger partial charge is 0.325 e. The Morgan fingerprint density at radius 1 is 0.966 bits per heavy atom. The van der Waals surface area contributed by atoms with Crippen LogP contribution in [0.2, 0.25) is 5.02 Å². The van der Waals surface area contributed by atoms with E-state index in [2.05, 4.69) is 15.4 Å². The van der Waals surface area contributed by atoms with Gasteiger partial charge in [0.1, 0.15) is 4.21 Å². The second kappa shape index (κ2) is 8.64. The predicted octanol–water partition coefficient (Wildman–Crippen LogP) is 4.41. The molecule has 10 heteroatoms. The highest BCUT2D eigenvalue weighted by molar-refractivity contribution is 7.94. The second-order valence-corrected chi connectivity index (χ2v) is 9.21. The van der Waals surface area contributed by atoms with Crippen LogP contribution in [-0.2, 0) is 14.8 Å². The lowest BCUT2D eigenvalue weighted by atomic mass is 10.2. The van der Waals surface area contributed by atoms with Crippen molar-refractivity contribution >= 4 is 61.8 Å². The number of sulfonamides is 1. The van der Waals surface area contributed by atoms with E-state index < -0.39 is 10.0 Å². The van der Waals surface area contributed by atoms with Gasteiger partial charge in [-0.2, -0.15) is 0 Å². The summed E-state index contributed by atoms with van der Waals surface area (Å²) in [6.07, 6.45) is 0. The molecule has 0 saturated heterocycles. The van der Waals surface area contributed by atoms with Crippen LogP contribution in [0.25, 0.3) is 0 Å². The number of carbonyl (C=O) groups is 2. The fourth-order valence-electron chi connectivity index (χ4n) is 2.40. The lowest BCUT2D eigenvalue weighted by Gasteiger charge is -2.10. The van der Waals surface area contributed by atoms with Gasteiger partial charge < -0.3 is 10.6 Å². The van der Waals surface area contributed by atoms with E-state index in [1.165, 1.54) is 43.3 Å². The summed E-state index contributed by atoms with van der Waals surface area (Å²) >= 11 is 7.21. The number of hydrogen-bond donors (Lipinski definition) is 3. The fraction of sp³-hybridized carbons (Fsp3) is 0.0526. The van der Waals surface area contributed by atoms with E-state index in [1.807, 2.05) is 0 Å². The third-order valence-electron chi connectivity index (χ3n) is 3.70. The molecule has 0 fully saturated rings. The number of benzene rings is 2. The molecule has 150 valence electrons. The molecule has 0 unspecified atom stereocenters. The van der Waals surface area contributed by atoms with Crippen molar-refractivity contribution in [2.75, 3.05) is 15.4 Å². The molecule has 0 spiro atoms. The van der Waals surface area contributed by atoms with Crippen molar-refractivity contribution in [3.63, 3.8) is 0 Å². The highest BCUT2D eigenvalue weighted by Gasteiger charge is 2.15. The van der Waals surface area contributed by atoms with Crippen LogP contribution < -0.4 is 15.4 Å². The Labute approximate surface area is 176 Å². The fourth-order valence-corrected chi connectivity index (χ4v) is 4.68. The summed E-state index contributed by atoms with van der Waals surface area (Å²) in [6.45, 7) is 1.37. The van der Waals surface area contributed by atoms with Crippen LogP contribution in [-0.4, -0.2) is 20.2 Å². The Hall–Kier alpha value is -2.88. The molecule has 1 aromatic heterocycles. The van der Waals surface area contributed by atoms with Crippen molar-refractivity contribution in [2.45, 2.75) is 11.1 Å². The monoisotopic (exact) mass is 449 g/mol. The summed E-state index contributed by atoms with van der Waals surface area (Å²) in [5.74, 6) is -0.639. The Kier molecular flexibility index (Phi) is 6.21. The molecule has 0 aliphatic carbocycles. The van der Waals surface area contributed by atoms with Crippen molar-refractivity contribution in [1.29, 1.82) is 0 Å². The van der Waals surface area contributed by atoms with Gasteiger partial charge in [0.2, 0.25) is 5.91 Å². The third-order valence-corrected chi connectivity index (χ3v) is 6.79. The zero-order chi connectivity index (χ0) is 21.0. The van der Waals surface area contributed by atoms with Gasteiger partial charge in [-0.15, -0.1) is 11.3 Å². The van der Waals surface area contributed by atoms with Gasteiger partial charge in [-0.3, -0.25) is 14.3 Å². The first kappa shape index (κ1) is 20.8. The van der Waals surface area contributed by atoms with Gasteiger partial charge in [-0.05, 0) is 53.9 Å². The van der Waals surface area contributed by atoms with Crippen LogP contribution in [0.5, 0.6) is 0 Å². The third kappa shape index (κ3) is 5.35. The standard InChI is InChI=1S/C19H16ClN3O4S2/c1-12(24)21-17-9-8-15(11-16(17)20)22-19(25)13-4-6-14(7-5-13)23-29(26,27)18-3-2-10-28-18/h2-11,23H,1H3,(H,21,24)(H,22,25). The minimum absolute atomic E-state index is 0.207. The Morgan fingerprint density at radius 3 is 2.24 bits per heavy atom. The first-order valence-electron chi connectivity index (χ1n) is 8.29. The Balaban J connectivity index is 1.68. The maximum atomic E-state index is 12.4. The minimum Gasteiger partial charge on any atom is -0.325 e. The van der Waals surface area contributed by atoms with Gasteiger partial charge in [0.15, 0.2) is 0 Å². The molecule has 0 aliphatic rings. The number of hydrogen-bond acceptors (Lipinski definition) is 5. The van der Waals surface area contributed by atoms with Crippen LogP contribution in [0.3, 0.4) is 0 Å². The van der Waals surface area contributed by atoms with E-state index in [1.54, 1.807) is 23.6 Å². The highest BCUT2D eigenvalue weighted by atomic mass is 35.5. The van der Waals surface area contributed by atoms with Crippen molar-refractivity contribution in [3.8, 4) is 0 Å². The molecule has 1 heterocycles. The molecule has 0 bridgehead atoms.